The van der Waals surface area contributed by atoms with Gasteiger partial charge in [-0.15, -0.1) is 0 Å². The average Bonchev–Trinajstić information content (AvgIpc) is 2.92. The quantitative estimate of drug-likeness (QED) is 0.293. The molecule has 0 aromatic heterocycles. The van der Waals surface area contributed by atoms with Crippen molar-refractivity contribution < 1.29 is 27.9 Å². The third-order valence-electron chi connectivity index (χ3n) is 6.03. The van der Waals surface area contributed by atoms with Crippen LogP contribution in [0, 0.1) is 0 Å². The normalized spacial score (nSPS) is 14.3. The van der Waals surface area contributed by atoms with Crippen LogP contribution in [0.1, 0.15) is 24.8 Å². The highest BCUT2D eigenvalue weighted by atomic mass is 32.2. The molecule has 0 saturated heterocycles. The first-order chi connectivity index (χ1) is 18.3. The molecule has 1 amide bonds. The fourth-order valence-electron chi connectivity index (χ4n) is 4.03. The van der Waals surface area contributed by atoms with E-state index in [4.69, 9.17) is 4.74 Å². The highest BCUT2D eigenvalue weighted by Gasteiger charge is 2.26. The van der Waals surface area contributed by atoms with E-state index in [9.17, 15) is 23.1 Å². The summed E-state index contributed by atoms with van der Waals surface area (Å²) in [5, 5.41) is 16.7. The number of nitrogens with one attached hydrogen (secondary N) is 3. The van der Waals surface area contributed by atoms with E-state index in [1.807, 2.05) is 12.1 Å². The topological polar surface area (TPSA) is 146 Å². The highest BCUT2D eigenvalue weighted by Crippen LogP contribution is 2.23. The van der Waals surface area contributed by atoms with Gasteiger partial charge in [-0.1, -0.05) is 48.5 Å². The molecule has 1 aliphatic rings. The van der Waals surface area contributed by atoms with Crippen LogP contribution in [0.4, 0.5) is 0 Å². The molecule has 0 radical (unpaired) electrons. The Morgan fingerprint density at radius 3 is 2.55 bits per heavy atom. The molecule has 3 aromatic rings. The number of aliphatic carboxylic acids is 1. The number of aliphatic imine (C=N–C) groups is 1. The van der Waals surface area contributed by atoms with Crippen molar-refractivity contribution in [2.45, 2.75) is 36.6 Å². The molecule has 0 bridgehead atoms. The molecule has 11 heteroatoms. The maximum Gasteiger partial charge on any atom is 0.321 e. The Balaban J connectivity index is 1.28. The van der Waals surface area contributed by atoms with Crippen molar-refractivity contribution in [1.82, 2.24) is 15.4 Å². The first-order valence-electron chi connectivity index (χ1n) is 12.3. The van der Waals surface area contributed by atoms with Gasteiger partial charge in [0.15, 0.2) is 5.96 Å². The zero-order chi connectivity index (χ0) is 27.0. The Morgan fingerprint density at radius 1 is 1.05 bits per heavy atom. The number of rotatable bonds is 11. The maximum absolute atomic E-state index is 13.0. The summed E-state index contributed by atoms with van der Waals surface area (Å²) in [5.74, 6) is -0.381. The molecule has 1 heterocycles. The number of carbonyl (C=O) groups excluding carboxylic acids is 1. The Bertz CT molecular complexity index is 1420. The molecular formula is C27H30N4O6S. The third-order valence-corrected chi connectivity index (χ3v) is 7.56. The number of amides is 1. The number of hydrogen-bond acceptors (Lipinski definition) is 7. The van der Waals surface area contributed by atoms with Crippen molar-refractivity contribution in [3.05, 3.63) is 72.3 Å². The molecule has 0 saturated carbocycles. The Morgan fingerprint density at radius 2 is 1.82 bits per heavy atom. The zero-order valence-electron chi connectivity index (χ0n) is 20.7. The minimum atomic E-state index is -4.09. The van der Waals surface area contributed by atoms with E-state index < -0.39 is 22.0 Å². The van der Waals surface area contributed by atoms with E-state index in [-0.39, 0.29) is 23.8 Å². The van der Waals surface area contributed by atoms with Gasteiger partial charge >= 0.3 is 5.97 Å². The lowest BCUT2D eigenvalue weighted by Gasteiger charge is -2.16. The van der Waals surface area contributed by atoms with Crippen LogP contribution in [0.3, 0.4) is 0 Å². The van der Waals surface area contributed by atoms with Crippen LogP contribution in [0.25, 0.3) is 10.8 Å². The number of benzene rings is 3. The number of sulfonamides is 1. The third kappa shape index (κ3) is 7.30. The van der Waals surface area contributed by atoms with Crippen molar-refractivity contribution in [3.8, 4) is 5.75 Å². The second-order valence-electron chi connectivity index (χ2n) is 8.83. The number of guanidine groups is 1. The Hall–Kier alpha value is -3.96. The summed E-state index contributed by atoms with van der Waals surface area (Å²) in [6.45, 7) is 1.49. The molecule has 10 nitrogen and oxygen atoms in total. The summed E-state index contributed by atoms with van der Waals surface area (Å²) < 4.78 is 33.9. The number of fused-ring (bicyclic) bond motifs is 1. The molecule has 1 atom stereocenters. The van der Waals surface area contributed by atoms with Crippen LogP contribution < -0.4 is 20.1 Å². The summed E-state index contributed by atoms with van der Waals surface area (Å²) in [4.78, 5) is 28.1. The van der Waals surface area contributed by atoms with Crippen molar-refractivity contribution in [2.75, 3.05) is 19.7 Å². The van der Waals surface area contributed by atoms with E-state index in [0.29, 0.717) is 36.5 Å². The number of carboxylic acids is 1. The molecule has 0 spiro atoms. The predicted octanol–water partition coefficient (Wildman–Crippen LogP) is 2.44. The standard InChI is InChI=1S/C27H30N4O6S/c32-25(30-27-28-16-4-17-29-27)14-11-19-9-12-21(13-10-19)37-18-15-23(26(33)34)31-38(35,36)24-8-3-6-20-5-1-2-7-22(20)24/h1-3,5-10,12-13,23,31H,4,11,14-18H2,(H,33,34)(H2,28,29,30,32)/t23-/m0/s1. The van der Waals surface area contributed by atoms with Gasteiger partial charge in [0.1, 0.15) is 11.8 Å². The summed E-state index contributed by atoms with van der Waals surface area (Å²) in [6, 6.07) is 17.6. The Kier molecular flexibility index (Phi) is 8.93. The van der Waals surface area contributed by atoms with Crippen LogP contribution in [-0.4, -0.2) is 57.1 Å². The lowest BCUT2D eigenvalue weighted by Crippen LogP contribution is -2.43. The average molecular weight is 539 g/mol. The van der Waals surface area contributed by atoms with Crippen LogP contribution in [-0.2, 0) is 26.0 Å². The number of carboxylic acid groups (broad SMARTS) is 1. The summed E-state index contributed by atoms with van der Waals surface area (Å²) in [5.41, 5.74) is 0.942. The number of hydrogen-bond donors (Lipinski definition) is 4. The van der Waals surface area contributed by atoms with E-state index >= 15 is 0 Å². The molecule has 38 heavy (non-hydrogen) atoms. The number of aryl methyl sites for hydroxylation is 1. The van der Waals surface area contributed by atoms with Gasteiger partial charge in [-0.25, -0.2) is 8.42 Å². The van der Waals surface area contributed by atoms with Gasteiger partial charge in [0.25, 0.3) is 0 Å². The summed E-state index contributed by atoms with van der Waals surface area (Å²) in [7, 11) is -4.09. The van der Waals surface area contributed by atoms with Crippen molar-refractivity contribution in [3.63, 3.8) is 0 Å². The fraction of sp³-hybridized carbons (Fsp3) is 0.296. The largest absolute Gasteiger partial charge is 0.494 e. The van der Waals surface area contributed by atoms with Crippen molar-refractivity contribution in [2.24, 2.45) is 4.99 Å². The maximum atomic E-state index is 13.0. The first kappa shape index (κ1) is 27.1. The monoisotopic (exact) mass is 538 g/mol. The molecular weight excluding hydrogens is 508 g/mol. The second kappa shape index (κ2) is 12.5. The minimum absolute atomic E-state index is 0.00805. The molecule has 3 aromatic carbocycles. The van der Waals surface area contributed by atoms with Crippen LogP contribution in [0.2, 0.25) is 0 Å². The number of ether oxygens (including phenoxy) is 1. The second-order valence-corrected chi connectivity index (χ2v) is 10.5. The summed E-state index contributed by atoms with van der Waals surface area (Å²) >= 11 is 0. The number of carbonyl (C=O) groups is 2. The van der Waals surface area contributed by atoms with Gasteiger partial charge in [-0.2, -0.15) is 4.72 Å². The molecule has 0 fully saturated rings. The molecule has 0 unspecified atom stereocenters. The first-order valence-corrected chi connectivity index (χ1v) is 13.8. The lowest BCUT2D eigenvalue weighted by molar-refractivity contribution is -0.139. The van der Waals surface area contributed by atoms with Gasteiger partial charge in [-0.3, -0.25) is 19.9 Å². The van der Waals surface area contributed by atoms with Gasteiger partial charge in [-0.05, 0) is 42.0 Å². The van der Waals surface area contributed by atoms with E-state index in [1.54, 1.807) is 48.5 Å². The van der Waals surface area contributed by atoms with Crippen LogP contribution in [0.5, 0.6) is 5.75 Å². The van der Waals surface area contributed by atoms with Gasteiger partial charge in [0, 0.05) is 31.3 Å². The highest BCUT2D eigenvalue weighted by molar-refractivity contribution is 7.89. The van der Waals surface area contributed by atoms with Crippen LogP contribution >= 0.6 is 0 Å². The number of nitrogens with zero attached hydrogens (tertiary/aromatic N) is 1. The van der Waals surface area contributed by atoms with Crippen LogP contribution in [0.15, 0.2) is 76.6 Å². The lowest BCUT2D eigenvalue weighted by atomic mass is 10.1. The molecule has 1 aliphatic heterocycles. The van der Waals surface area contributed by atoms with E-state index in [2.05, 4.69) is 20.3 Å². The van der Waals surface area contributed by atoms with E-state index in [0.717, 1.165) is 23.9 Å². The molecule has 200 valence electrons. The Labute approximate surface area is 221 Å². The molecule has 4 N–H and O–H groups in total. The van der Waals surface area contributed by atoms with Gasteiger partial charge < -0.3 is 15.2 Å². The van der Waals surface area contributed by atoms with Gasteiger partial charge in [0.2, 0.25) is 15.9 Å². The SMILES string of the molecule is O=C(CCc1ccc(OCC[C@H](NS(=O)(=O)c2cccc3ccccc23)C(=O)O)cc1)NC1=NCCCN1. The predicted molar refractivity (Wildman–Crippen MR) is 144 cm³/mol. The zero-order valence-corrected chi connectivity index (χ0v) is 21.5. The smallest absolute Gasteiger partial charge is 0.321 e. The van der Waals surface area contributed by atoms with E-state index in [1.165, 1.54) is 6.07 Å². The molecule has 0 aliphatic carbocycles. The van der Waals surface area contributed by atoms with Gasteiger partial charge in [0.05, 0.1) is 11.5 Å². The summed E-state index contributed by atoms with van der Waals surface area (Å²) in [6.07, 6.45) is 1.72. The molecule has 4 rings (SSSR count). The van der Waals surface area contributed by atoms with Crippen molar-refractivity contribution >= 4 is 38.6 Å². The fourth-order valence-corrected chi connectivity index (χ4v) is 5.48. The van der Waals surface area contributed by atoms with Crippen molar-refractivity contribution in [1.29, 1.82) is 0 Å². The minimum Gasteiger partial charge on any atom is -0.494 e.